The summed E-state index contributed by atoms with van der Waals surface area (Å²) in [6, 6.07) is 9.23. The van der Waals surface area contributed by atoms with Gasteiger partial charge in [-0.25, -0.2) is 0 Å². The Morgan fingerprint density at radius 2 is 1.22 bits per heavy atom. The van der Waals surface area contributed by atoms with Gasteiger partial charge in [0.2, 0.25) is 5.91 Å². The van der Waals surface area contributed by atoms with E-state index in [0.717, 1.165) is 56.5 Å². The molecule has 0 aromatic heterocycles. The Hall–Kier alpha value is -2.44. The number of benzene rings is 1. The quantitative estimate of drug-likeness (QED) is 0.0947. The van der Waals surface area contributed by atoms with Crippen molar-refractivity contribution in [3.8, 4) is 0 Å². The van der Waals surface area contributed by atoms with Crippen LogP contribution in [0, 0.1) is 0 Å². The molecule has 1 aromatic carbocycles. The molecule has 37 heavy (non-hydrogen) atoms. The second-order valence-electron chi connectivity index (χ2n) is 8.22. The minimum Gasteiger partial charge on any atom is -0.355 e. The number of unbranched alkanes of at least 4 members (excludes halogenated alkanes) is 1. The maximum Gasteiger partial charge on any atom is 0.251 e. The van der Waals surface area contributed by atoms with Crippen LogP contribution in [0.15, 0.2) is 91.1 Å². The summed E-state index contributed by atoms with van der Waals surface area (Å²) in [5.41, 5.74) is 0.684. The van der Waals surface area contributed by atoms with E-state index in [-0.39, 0.29) is 11.8 Å². The highest BCUT2D eigenvalue weighted by atomic mass is 33.1. The summed E-state index contributed by atoms with van der Waals surface area (Å²) in [7, 11) is 3.43. The van der Waals surface area contributed by atoms with Crippen LogP contribution in [0.1, 0.15) is 68.6 Å². The first-order valence-electron chi connectivity index (χ1n) is 13.3. The van der Waals surface area contributed by atoms with E-state index in [1.807, 2.05) is 30.3 Å². The van der Waals surface area contributed by atoms with Crippen molar-refractivity contribution in [1.82, 2.24) is 10.6 Å². The van der Waals surface area contributed by atoms with Crippen LogP contribution in [0.3, 0.4) is 0 Å². The van der Waals surface area contributed by atoms with Crippen molar-refractivity contribution >= 4 is 33.4 Å². The lowest BCUT2D eigenvalue weighted by atomic mass is 10.2. The van der Waals surface area contributed by atoms with E-state index in [9.17, 15) is 9.59 Å². The molecule has 0 unspecified atom stereocenters. The molecule has 2 N–H and O–H groups in total. The first kappa shape index (κ1) is 32.6. The number of carbonyl (C=O) groups excluding carboxylic acids is 2. The van der Waals surface area contributed by atoms with Crippen molar-refractivity contribution in [2.45, 2.75) is 58.3 Å². The smallest absolute Gasteiger partial charge is 0.251 e. The Bertz CT molecular complexity index is 861. The zero-order chi connectivity index (χ0) is 26.7. The minimum atomic E-state index is -0.0388. The van der Waals surface area contributed by atoms with Crippen molar-refractivity contribution in [3.63, 3.8) is 0 Å². The average molecular weight is 541 g/mol. The third kappa shape index (κ3) is 21.4. The molecule has 4 nitrogen and oxygen atoms in total. The number of allylic oxidation sites excluding steroid dienone is 10. The number of nitrogens with one attached hydrogen (secondary N) is 2. The van der Waals surface area contributed by atoms with Gasteiger partial charge in [-0.3, -0.25) is 9.59 Å². The molecule has 0 radical (unpaired) electrons. The second-order valence-corrected chi connectivity index (χ2v) is 10.9. The molecular formula is C31H44N2O2S2. The van der Waals surface area contributed by atoms with Crippen LogP contribution in [-0.2, 0) is 4.79 Å². The van der Waals surface area contributed by atoms with Gasteiger partial charge in [-0.1, -0.05) is 107 Å². The molecule has 1 rings (SSSR count). The van der Waals surface area contributed by atoms with E-state index in [1.54, 1.807) is 21.6 Å². The summed E-state index contributed by atoms with van der Waals surface area (Å²) in [5.74, 6) is 1.78. The lowest BCUT2D eigenvalue weighted by molar-refractivity contribution is -0.121. The first-order valence-corrected chi connectivity index (χ1v) is 15.8. The van der Waals surface area contributed by atoms with Gasteiger partial charge in [0, 0.05) is 36.6 Å². The predicted octanol–water partition coefficient (Wildman–Crippen LogP) is 7.84. The van der Waals surface area contributed by atoms with Crippen LogP contribution >= 0.6 is 21.6 Å². The zero-order valence-electron chi connectivity index (χ0n) is 22.3. The summed E-state index contributed by atoms with van der Waals surface area (Å²) in [6.45, 7) is 3.46. The molecule has 0 bridgehead atoms. The van der Waals surface area contributed by atoms with Crippen LogP contribution < -0.4 is 10.6 Å². The Balaban J connectivity index is 1.88. The van der Waals surface area contributed by atoms with Crippen molar-refractivity contribution < 1.29 is 9.59 Å². The number of hydrogen-bond donors (Lipinski definition) is 2. The highest BCUT2D eigenvalue weighted by Gasteiger charge is 2.03. The molecule has 6 heteroatoms. The number of amides is 2. The Labute approximate surface area is 232 Å². The molecule has 0 aliphatic rings. The van der Waals surface area contributed by atoms with Gasteiger partial charge in [0.05, 0.1) is 0 Å². The Morgan fingerprint density at radius 3 is 1.78 bits per heavy atom. The van der Waals surface area contributed by atoms with Crippen molar-refractivity contribution in [3.05, 3.63) is 96.7 Å². The predicted molar refractivity (Wildman–Crippen MR) is 165 cm³/mol. The maximum absolute atomic E-state index is 11.9. The number of carbonyl (C=O) groups is 2. The summed E-state index contributed by atoms with van der Waals surface area (Å²) in [5, 5.41) is 5.89. The third-order valence-electron chi connectivity index (χ3n) is 5.03. The molecule has 0 spiro atoms. The maximum atomic E-state index is 11.9. The van der Waals surface area contributed by atoms with Gasteiger partial charge >= 0.3 is 0 Å². The fourth-order valence-electron chi connectivity index (χ4n) is 3.09. The highest BCUT2D eigenvalue weighted by molar-refractivity contribution is 8.76. The second kappa shape index (κ2) is 25.2. The topological polar surface area (TPSA) is 58.2 Å². The molecule has 0 aliphatic carbocycles. The van der Waals surface area contributed by atoms with Gasteiger partial charge in [-0.05, 0) is 57.1 Å². The Morgan fingerprint density at radius 1 is 0.703 bits per heavy atom. The van der Waals surface area contributed by atoms with Gasteiger partial charge in [0.1, 0.15) is 0 Å². The van der Waals surface area contributed by atoms with E-state index >= 15 is 0 Å². The average Bonchev–Trinajstić information content (AvgIpc) is 2.92. The van der Waals surface area contributed by atoms with Gasteiger partial charge in [0.15, 0.2) is 0 Å². The summed E-state index contributed by atoms with van der Waals surface area (Å²) in [6.07, 6.45) is 29.3. The van der Waals surface area contributed by atoms with E-state index in [2.05, 4.69) is 78.3 Å². The van der Waals surface area contributed by atoms with E-state index in [1.165, 1.54) is 0 Å². The van der Waals surface area contributed by atoms with Crippen molar-refractivity contribution in [2.75, 3.05) is 24.6 Å². The van der Waals surface area contributed by atoms with Gasteiger partial charge < -0.3 is 10.6 Å². The molecule has 0 atom stereocenters. The molecule has 0 fully saturated rings. The van der Waals surface area contributed by atoms with Gasteiger partial charge in [0.25, 0.3) is 5.91 Å². The molecule has 1 aromatic rings. The Kier molecular flexibility index (Phi) is 22.2. The largest absolute Gasteiger partial charge is 0.355 e. The van der Waals surface area contributed by atoms with Crippen LogP contribution in [0.2, 0.25) is 0 Å². The van der Waals surface area contributed by atoms with Crippen LogP contribution in [-0.4, -0.2) is 36.4 Å². The molecule has 0 saturated heterocycles. The van der Waals surface area contributed by atoms with Crippen LogP contribution in [0.4, 0.5) is 0 Å². The van der Waals surface area contributed by atoms with E-state index < -0.39 is 0 Å². The van der Waals surface area contributed by atoms with E-state index in [0.29, 0.717) is 25.1 Å². The molecule has 0 aliphatic heterocycles. The zero-order valence-corrected chi connectivity index (χ0v) is 23.9. The lowest BCUT2D eigenvalue weighted by Gasteiger charge is -2.06. The SMILES string of the molecule is CC/C=C\C/C=C\C/C=C\C/C=C\C/C=C\CCCC(=O)NCCSSCCNC(=O)c1ccccc1. The minimum absolute atomic E-state index is 0.0388. The molecule has 0 heterocycles. The molecule has 2 amide bonds. The van der Waals surface area contributed by atoms with Crippen molar-refractivity contribution in [2.24, 2.45) is 0 Å². The van der Waals surface area contributed by atoms with E-state index in [4.69, 9.17) is 0 Å². The van der Waals surface area contributed by atoms with Crippen molar-refractivity contribution in [1.29, 1.82) is 0 Å². The fourth-order valence-corrected chi connectivity index (χ4v) is 4.90. The fraction of sp³-hybridized carbons (Fsp3) is 0.419. The summed E-state index contributed by atoms with van der Waals surface area (Å²) in [4.78, 5) is 23.9. The normalized spacial score (nSPS) is 12.0. The van der Waals surface area contributed by atoms with Gasteiger partial charge in [-0.2, -0.15) is 0 Å². The van der Waals surface area contributed by atoms with Gasteiger partial charge in [-0.15, -0.1) is 0 Å². The van der Waals surface area contributed by atoms with Crippen LogP contribution in [0.25, 0.3) is 0 Å². The lowest BCUT2D eigenvalue weighted by Crippen LogP contribution is -2.26. The molecule has 0 saturated carbocycles. The summed E-state index contributed by atoms with van der Waals surface area (Å²) < 4.78 is 0. The first-order chi connectivity index (χ1) is 18.2. The standard InChI is InChI=1S/C31H44N2O2S2/c1-2-3-4-5-6-7-8-9-10-11-12-13-14-15-16-17-21-24-30(34)32-25-27-36-37-28-26-33-31(35)29-22-19-18-20-23-29/h3-4,6-7,9-10,12-13,15-16,18-20,22-23H,2,5,8,11,14,17,21,24-28H2,1H3,(H,32,34)(H,33,35)/b4-3-,7-6-,10-9-,13-12-,16-15-. The highest BCUT2D eigenvalue weighted by Crippen LogP contribution is 2.19. The van der Waals surface area contributed by atoms with Crippen LogP contribution in [0.5, 0.6) is 0 Å². The summed E-state index contributed by atoms with van der Waals surface area (Å²) >= 11 is 0. The molecule has 202 valence electrons. The molecular weight excluding hydrogens is 496 g/mol. The number of hydrogen-bond acceptors (Lipinski definition) is 4. The monoisotopic (exact) mass is 540 g/mol. The number of rotatable bonds is 21. The third-order valence-corrected chi connectivity index (χ3v) is 7.44.